The van der Waals surface area contributed by atoms with Gasteiger partial charge in [-0.05, 0) is 31.5 Å². The van der Waals surface area contributed by atoms with E-state index in [1.807, 2.05) is 36.1 Å². The highest BCUT2D eigenvalue weighted by molar-refractivity contribution is 14.0. The second-order valence-corrected chi connectivity index (χ2v) is 8.86. The molecular formula is C21H29ClIN5OS. The van der Waals surface area contributed by atoms with Crippen LogP contribution >= 0.6 is 46.9 Å². The Kier molecular flexibility index (Phi) is 9.83. The number of carbonyl (C=O) groups excluding carboxylic acids is 1. The van der Waals surface area contributed by atoms with Crippen molar-refractivity contribution in [2.45, 2.75) is 26.7 Å². The van der Waals surface area contributed by atoms with Gasteiger partial charge in [-0.3, -0.25) is 9.79 Å². The lowest BCUT2D eigenvalue weighted by atomic mass is 10.1. The van der Waals surface area contributed by atoms with Crippen LogP contribution in [-0.2, 0) is 17.6 Å². The van der Waals surface area contributed by atoms with Crippen molar-refractivity contribution in [2.75, 3.05) is 39.8 Å². The fourth-order valence-corrected chi connectivity index (χ4v) is 4.68. The topological polar surface area (TPSA) is 60.8 Å². The maximum atomic E-state index is 12.6. The first-order chi connectivity index (χ1) is 14.0. The molecule has 9 heteroatoms. The van der Waals surface area contributed by atoms with Crippen molar-refractivity contribution in [3.05, 3.63) is 50.4 Å². The van der Waals surface area contributed by atoms with Crippen molar-refractivity contribution in [3.63, 3.8) is 0 Å². The summed E-state index contributed by atoms with van der Waals surface area (Å²) in [6.45, 7) is 7.89. The summed E-state index contributed by atoms with van der Waals surface area (Å²) in [5, 5.41) is 5.23. The number of aliphatic imine (C=N–C) groups is 1. The molecule has 1 aliphatic heterocycles. The monoisotopic (exact) mass is 561 g/mol. The Morgan fingerprint density at radius 1 is 1.23 bits per heavy atom. The van der Waals surface area contributed by atoms with Crippen LogP contribution in [-0.4, -0.2) is 66.4 Å². The van der Waals surface area contributed by atoms with Gasteiger partial charge in [0, 0.05) is 56.1 Å². The zero-order valence-electron chi connectivity index (χ0n) is 17.7. The highest BCUT2D eigenvalue weighted by Crippen LogP contribution is 2.17. The number of thiazole rings is 1. The molecule has 2 heterocycles. The van der Waals surface area contributed by atoms with Gasteiger partial charge in [0.2, 0.25) is 5.91 Å². The van der Waals surface area contributed by atoms with Gasteiger partial charge in [-0.2, -0.15) is 0 Å². The molecule has 0 atom stereocenters. The van der Waals surface area contributed by atoms with Gasteiger partial charge in [-0.25, -0.2) is 4.98 Å². The van der Waals surface area contributed by atoms with E-state index < -0.39 is 0 Å². The lowest BCUT2D eigenvalue weighted by molar-refractivity contribution is -0.131. The molecule has 0 spiro atoms. The minimum Gasteiger partial charge on any atom is -0.356 e. The van der Waals surface area contributed by atoms with Crippen LogP contribution < -0.4 is 5.32 Å². The molecule has 0 saturated carbocycles. The van der Waals surface area contributed by atoms with Crippen LogP contribution in [0.15, 0.2) is 29.3 Å². The third kappa shape index (κ3) is 6.81. The number of carbonyl (C=O) groups is 1. The molecule has 30 heavy (non-hydrogen) atoms. The molecule has 1 aliphatic rings. The van der Waals surface area contributed by atoms with Gasteiger partial charge in [-0.15, -0.1) is 35.3 Å². The molecule has 3 rings (SSSR count). The van der Waals surface area contributed by atoms with E-state index in [0.29, 0.717) is 24.5 Å². The van der Waals surface area contributed by atoms with E-state index in [1.54, 1.807) is 18.4 Å². The minimum absolute atomic E-state index is 0. The first-order valence-electron chi connectivity index (χ1n) is 9.87. The summed E-state index contributed by atoms with van der Waals surface area (Å²) in [5.74, 6) is 1.04. The molecule has 0 bridgehead atoms. The number of benzene rings is 1. The molecule has 1 fully saturated rings. The van der Waals surface area contributed by atoms with Crippen LogP contribution in [0.1, 0.15) is 21.1 Å². The summed E-state index contributed by atoms with van der Waals surface area (Å²) in [6.07, 6.45) is 1.33. The maximum absolute atomic E-state index is 12.6. The minimum atomic E-state index is 0. The Bertz CT molecular complexity index is 880. The smallest absolute Gasteiger partial charge is 0.227 e. The molecule has 0 aliphatic carbocycles. The zero-order chi connectivity index (χ0) is 20.8. The van der Waals surface area contributed by atoms with E-state index in [9.17, 15) is 4.79 Å². The van der Waals surface area contributed by atoms with Gasteiger partial charge in [0.15, 0.2) is 5.96 Å². The number of halogens is 2. The molecule has 1 N–H and O–H groups in total. The van der Waals surface area contributed by atoms with Gasteiger partial charge in [0.05, 0.1) is 17.1 Å². The molecule has 2 aromatic rings. The highest BCUT2D eigenvalue weighted by Gasteiger charge is 2.23. The summed E-state index contributed by atoms with van der Waals surface area (Å²) in [5.41, 5.74) is 2.08. The van der Waals surface area contributed by atoms with Crippen LogP contribution in [0.25, 0.3) is 0 Å². The van der Waals surface area contributed by atoms with E-state index in [-0.39, 0.29) is 29.9 Å². The fourth-order valence-electron chi connectivity index (χ4n) is 3.53. The van der Waals surface area contributed by atoms with Gasteiger partial charge < -0.3 is 15.1 Å². The fraction of sp³-hybridized carbons (Fsp3) is 0.476. The molecular weight excluding hydrogens is 533 g/mol. The normalized spacial score (nSPS) is 14.5. The number of nitrogens with one attached hydrogen (secondary N) is 1. The Labute approximate surface area is 204 Å². The number of aromatic nitrogens is 1. The standard InChI is InChI=1S/C21H28ClN5OS.HI/c1-15-19(29-16(2)25-15)7-8-24-21(23-3)27-11-9-26(10-12-27)20(28)14-17-5-4-6-18(22)13-17;/h4-6,13H,7-12,14H2,1-3H3,(H,23,24);1H. The number of hydrogen-bond donors (Lipinski definition) is 1. The van der Waals surface area contributed by atoms with Crippen molar-refractivity contribution in [2.24, 2.45) is 4.99 Å². The lowest BCUT2D eigenvalue weighted by Gasteiger charge is -2.36. The van der Waals surface area contributed by atoms with E-state index in [4.69, 9.17) is 11.6 Å². The summed E-state index contributed by atoms with van der Waals surface area (Å²) in [7, 11) is 1.81. The molecule has 1 saturated heterocycles. The predicted molar refractivity (Wildman–Crippen MR) is 135 cm³/mol. The number of aryl methyl sites for hydroxylation is 2. The summed E-state index contributed by atoms with van der Waals surface area (Å²) >= 11 is 7.78. The predicted octanol–water partition coefficient (Wildman–Crippen LogP) is 3.54. The van der Waals surface area contributed by atoms with Crippen molar-refractivity contribution in [1.29, 1.82) is 0 Å². The molecule has 0 unspecified atom stereocenters. The third-order valence-corrected chi connectivity index (χ3v) is 6.39. The van der Waals surface area contributed by atoms with E-state index >= 15 is 0 Å². The first kappa shape index (κ1) is 24.9. The Balaban J connectivity index is 0.00000320. The number of hydrogen-bond acceptors (Lipinski definition) is 4. The van der Waals surface area contributed by atoms with Gasteiger partial charge in [-0.1, -0.05) is 23.7 Å². The van der Waals surface area contributed by atoms with Crippen molar-refractivity contribution in [1.82, 2.24) is 20.1 Å². The van der Waals surface area contributed by atoms with E-state index in [0.717, 1.165) is 48.3 Å². The average molecular weight is 562 g/mol. The Morgan fingerprint density at radius 2 is 1.93 bits per heavy atom. The number of amides is 1. The first-order valence-corrected chi connectivity index (χ1v) is 11.1. The van der Waals surface area contributed by atoms with Crippen LogP contribution in [0.2, 0.25) is 5.02 Å². The summed E-state index contributed by atoms with van der Waals surface area (Å²) in [4.78, 5) is 27.0. The second kappa shape index (κ2) is 11.9. The molecule has 1 aromatic carbocycles. The highest BCUT2D eigenvalue weighted by atomic mass is 127. The molecule has 1 aromatic heterocycles. The third-order valence-electron chi connectivity index (χ3n) is 5.02. The number of nitrogens with zero attached hydrogens (tertiary/aromatic N) is 4. The van der Waals surface area contributed by atoms with Crippen LogP contribution in [0.4, 0.5) is 0 Å². The van der Waals surface area contributed by atoms with Gasteiger partial charge in [0.1, 0.15) is 0 Å². The average Bonchev–Trinajstić information content (AvgIpc) is 3.02. The van der Waals surface area contributed by atoms with E-state index in [2.05, 4.69) is 27.1 Å². The van der Waals surface area contributed by atoms with Crippen molar-refractivity contribution < 1.29 is 4.79 Å². The Morgan fingerprint density at radius 3 is 2.53 bits per heavy atom. The second-order valence-electron chi connectivity index (χ2n) is 7.14. The number of rotatable bonds is 5. The lowest BCUT2D eigenvalue weighted by Crippen LogP contribution is -2.54. The summed E-state index contributed by atoms with van der Waals surface area (Å²) in [6, 6.07) is 7.50. The quantitative estimate of drug-likeness (QED) is 0.345. The molecule has 1 amide bonds. The van der Waals surface area contributed by atoms with Crippen molar-refractivity contribution in [3.8, 4) is 0 Å². The van der Waals surface area contributed by atoms with Crippen LogP contribution in [0.5, 0.6) is 0 Å². The van der Waals surface area contributed by atoms with Crippen LogP contribution in [0, 0.1) is 13.8 Å². The van der Waals surface area contributed by atoms with Gasteiger partial charge in [0.25, 0.3) is 0 Å². The van der Waals surface area contributed by atoms with E-state index in [1.165, 1.54) is 4.88 Å². The summed E-state index contributed by atoms with van der Waals surface area (Å²) < 4.78 is 0. The van der Waals surface area contributed by atoms with Gasteiger partial charge >= 0.3 is 0 Å². The Hall–Kier alpha value is -1.39. The van der Waals surface area contributed by atoms with Crippen molar-refractivity contribution >= 4 is 58.8 Å². The molecule has 0 radical (unpaired) electrons. The van der Waals surface area contributed by atoms with Crippen LogP contribution in [0.3, 0.4) is 0 Å². The molecule has 164 valence electrons. The maximum Gasteiger partial charge on any atom is 0.227 e. The SMILES string of the molecule is CN=C(NCCc1sc(C)nc1C)N1CCN(C(=O)Cc2cccc(Cl)c2)CC1.I. The zero-order valence-corrected chi connectivity index (χ0v) is 21.6. The number of piperazine rings is 1. The number of guanidine groups is 1. The molecule has 6 nitrogen and oxygen atoms in total. The largest absolute Gasteiger partial charge is 0.356 e.